The molecule has 0 aromatic heterocycles. The van der Waals surface area contributed by atoms with Gasteiger partial charge in [0.05, 0.1) is 6.61 Å². The van der Waals surface area contributed by atoms with Crippen LogP contribution in [0.1, 0.15) is 51.9 Å². The van der Waals surface area contributed by atoms with Crippen molar-refractivity contribution in [3.05, 3.63) is 0 Å². The fourth-order valence-electron chi connectivity index (χ4n) is 4.03. The standard InChI is InChI=1S/C16H32N2O/c1-3-10-17-12-15(13-19-2)18-11-6-8-14-7-4-5-9-16(14)18/h14-17H,3-13H2,1-2H3. The van der Waals surface area contributed by atoms with Gasteiger partial charge in [0.1, 0.15) is 0 Å². The smallest absolute Gasteiger partial charge is 0.0630 e. The van der Waals surface area contributed by atoms with Crippen LogP contribution in [0.2, 0.25) is 0 Å². The van der Waals surface area contributed by atoms with Crippen LogP contribution in [0.3, 0.4) is 0 Å². The lowest BCUT2D eigenvalue weighted by Gasteiger charge is -2.47. The molecule has 1 saturated carbocycles. The Balaban J connectivity index is 1.93. The molecule has 1 aliphatic heterocycles. The van der Waals surface area contributed by atoms with E-state index in [0.717, 1.165) is 31.7 Å². The highest BCUT2D eigenvalue weighted by Crippen LogP contribution is 2.36. The van der Waals surface area contributed by atoms with E-state index in [0.29, 0.717) is 6.04 Å². The van der Waals surface area contributed by atoms with Crippen molar-refractivity contribution < 1.29 is 4.74 Å². The molecule has 0 aromatic carbocycles. The predicted molar refractivity (Wildman–Crippen MR) is 80.5 cm³/mol. The van der Waals surface area contributed by atoms with E-state index in [1.54, 1.807) is 0 Å². The van der Waals surface area contributed by atoms with Gasteiger partial charge in [0.15, 0.2) is 0 Å². The van der Waals surface area contributed by atoms with Gasteiger partial charge in [0.2, 0.25) is 0 Å². The van der Waals surface area contributed by atoms with Gasteiger partial charge in [-0.05, 0) is 51.1 Å². The summed E-state index contributed by atoms with van der Waals surface area (Å²) in [6.45, 7) is 6.60. The molecule has 1 N–H and O–H groups in total. The zero-order valence-electron chi connectivity index (χ0n) is 12.9. The zero-order chi connectivity index (χ0) is 13.5. The maximum atomic E-state index is 5.49. The van der Waals surface area contributed by atoms with Gasteiger partial charge in [0, 0.05) is 25.7 Å². The minimum Gasteiger partial charge on any atom is -0.383 e. The Hall–Kier alpha value is -0.120. The SMILES string of the molecule is CCCNCC(COC)N1CCCC2CCCCC21. The molecule has 0 bridgehead atoms. The van der Waals surface area contributed by atoms with Crippen LogP contribution < -0.4 is 5.32 Å². The largest absolute Gasteiger partial charge is 0.383 e. The molecule has 3 unspecified atom stereocenters. The predicted octanol–water partition coefficient (Wildman–Crippen LogP) is 2.66. The Bertz CT molecular complexity index is 245. The molecule has 3 nitrogen and oxygen atoms in total. The summed E-state index contributed by atoms with van der Waals surface area (Å²) in [5.74, 6) is 0.966. The molecule has 0 spiro atoms. The summed E-state index contributed by atoms with van der Waals surface area (Å²) in [5.41, 5.74) is 0. The maximum absolute atomic E-state index is 5.49. The second kappa shape index (κ2) is 8.23. The van der Waals surface area contributed by atoms with Gasteiger partial charge >= 0.3 is 0 Å². The summed E-state index contributed by atoms with van der Waals surface area (Å²) in [7, 11) is 1.84. The second-order valence-corrected chi connectivity index (χ2v) is 6.31. The third-order valence-electron chi connectivity index (χ3n) is 4.92. The number of nitrogens with zero attached hydrogens (tertiary/aromatic N) is 1. The molecule has 112 valence electrons. The Morgan fingerprint density at radius 2 is 2.00 bits per heavy atom. The highest BCUT2D eigenvalue weighted by atomic mass is 16.5. The van der Waals surface area contributed by atoms with Gasteiger partial charge in [-0.1, -0.05) is 19.8 Å². The molecule has 2 rings (SSSR count). The Morgan fingerprint density at radius 3 is 2.79 bits per heavy atom. The molecule has 3 atom stereocenters. The third kappa shape index (κ3) is 4.17. The molecular weight excluding hydrogens is 236 g/mol. The molecule has 1 aliphatic carbocycles. The zero-order valence-corrected chi connectivity index (χ0v) is 12.9. The van der Waals surface area contributed by atoms with Crippen molar-refractivity contribution in [3.8, 4) is 0 Å². The van der Waals surface area contributed by atoms with E-state index in [-0.39, 0.29) is 0 Å². The lowest BCUT2D eigenvalue weighted by molar-refractivity contribution is -0.00294. The molecule has 0 aromatic rings. The van der Waals surface area contributed by atoms with Gasteiger partial charge in [-0.3, -0.25) is 4.90 Å². The lowest BCUT2D eigenvalue weighted by Crippen LogP contribution is -2.55. The molecule has 19 heavy (non-hydrogen) atoms. The van der Waals surface area contributed by atoms with Gasteiger partial charge < -0.3 is 10.1 Å². The summed E-state index contributed by atoms with van der Waals surface area (Å²) >= 11 is 0. The number of hydrogen-bond acceptors (Lipinski definition) is 3. The van der Waals surface area contributed by atoms with Gasteiger partial charge in [0.25, 0.3) is 0 Å². The van der Waals surface area contributed by atoms with Crippen LogP contribution in [0.4, 0.5) is 0 Å². The fraction of sp³-hybridized carbons (Fsp3) is 1.00. The summed E-state index contributed by atoms with van der Waals surface area (Å²) in [4.78, 5) is 2.78. The van der Waals surface area contributed by atoms with Crippen LogP contribution >= 0.6 is 0 Å². The third-order valence-corrected chi connectivity index (χ3v) is 4.92. The quantitative estimate of drug-likeness (QED) is 0.718. The number of fused-ring (bicyclic) bond motifs is 1. The van der Waals surface area contributed by atoms with Crippen molar-refractivity contribution in [1.82, 2.24) is 10.2 Å². The van der Waals surface area contributed by atoms with E-state index in [1.165, 1.54) is 51.5 Å². The van der Waals surface area contributed by atoms with E-state index in [9.17, 15) is 0 Å². The number of piperidine rings is 1. The molecule has 2 aliphatic rings. The first-order valence-electron chi connectivity index (χ1n) is 8.32. The van der Waals surface area contributed by atoms with Crippen molar-refractivity contribution in [2.75, 3.05) is 33.4 Å². The maximum Gasteiger partial charge on any atom is 0.0630 e. The molecule has 0 radical (unpaired) electrons. The highest BCUT2D eigenvalue weighted by molar-refractivity contribution is 4.91. The number of methoxy groups -OCH3 is 1. The van der Waals surface area contributed by atoms with Crippen molar-refractivity contribution in [1.29, 1.82) is 0 Å². The molecule has 3 heteroatoms. The molecule has 2 fully saturated rings. The van der Waals surface area contributed by atoms with E-state index >= 15 is 0 Å². The highest BCUT2D eigenvalue weighted by Gasteiger charge is 2.36. The van der Waals surface area contributed by atoms with Crippen LogP contribution in [-0.2, 0) is 4.74 Å². The first kappa shape index (κ1) is 15.3. The monoisotopic (exact) mass is 268 g/mol. The molecule has 1 saturated heterocycles. The summed E-state index contributed by atoms with van der Waals surface area (Å²) in [5, 5.41) is 3.59. The first-order chi connectivity index (χ1) is 9.36. The average molecular weight is 268 g/mol. The van der Waals surface area contributed by atoms with Gasteiger partial charge in [-0.15, -0.1) is 0 Å². The topological polar surface area (TPSA) is 24.5 Å². The van der Waals surface area contributed by atoms with E-state index < -0.39 is 0 Å². The number of hydrogen-bond donors (Lipinski definition) is 1. The molecular formula is C16H32N2O. The van der Waals surface area contributed by atoms with Crippen molar-refractivity contribution in [2.45, 2.75) is 64.0 Å². The summed E-state index contributed by atoms with van der Waals surface area (Å²) in [6.07, 6.45) is 9.82. The Morgan fingerprint density at radius 1 is 1.21 bits per heavy atom. The van der Waals surface area contributed by atoms with Crippen LogP contribution in [0.25, 0.3) is 0 Å². The normalized spacial score (nSPS) is 30.0. The second-order valence-electron chi connectivity index (χ2n) is 6.31. The van der Waals surface area contributed by atoms with Crippen molar-refractivity contribution >= 4 is 0 Å². The number of rotatable bonds is 7. The van der Waals surface area contributed by atoms with Gasteiger partial charge in [-0.25, -0.2) is 0 Å². The van der Waals surface area contributed by atoms with Crippen LogP contribution in [0.5, 0.6) is 0 Å². The minimum absolute atomic E-state index is 0.572. The van der Waals surface area contributed by atoms with Crippen molar-refractivity contribution in [2.24, 2.45) is 5.92 Å². The summed E-state index contributed by atoms with van der Waals surface area (Å²) < 4.78 is 5.49. The molecule has 0 amide bonds. The van der Waals surface area contributed by atoms with Crippen LogP contribution in [0.15, 0.2) is 0 Å². The van der Waals surface area contributed by atoms with Crippen LogP contribution in [0, 0.1) is 5.92 Å². The van der Waals surface area contributed by atoms with E-state index in [1.807, 2.05) is 7.11 Å². The Labute approximate surface area is 119 Å². The van der Waals surface area contributed by atoms with E-state index in [2.05, 4.69) is 17.1 Å². The van der Waals surface area contributed by atoms with Gasteiger partial charge in [-0.2, -0.15) is 0 Å². The Kier molecular flexibility index (Phi) is 6.62. The first-order valence-corrected chi connectivity index (χ1v) is 8.32. The number of likely N-dealkylation sites (tertiary alicyclic amines) is 1. The van der Waals surface area contributed by atoms with Crippen molar-refractivity contribution in [3.63, 3.8) is 0 Å². The minimum atomic E-state index is 0.572. The lowest BCUT2D eigenvalue weighted by atomic mass is 9.78. The van der Waals surface area contributed by atoms with E-state index in [4.69, 9.17) is 4.74 Å². The average Bonchev–Trinajstić information content (AvgIpc) is 2.46. The summed E-state index contributed by atoms with van der Waals surface area (Å²) in [6, 6.07) is 1.41. The molecule has 1 heterocycles. The number of nitrogens with one attached hydrogen (secondary N) is 1. The van der Waals surface area contributed by atoms with Crippen LogP contribution in [-0.4, -0.2) is 50.3 Å². The number of ether oxygens (including phenoxy) is 1. The fourth-order valence-corrected chi connectivity index (χ4v) is 4.03.